The molecule has 0 aliphatic carbocycles. The fraction of sp³-hybridized carbons (Fsp3) is 0.318. The molecular weight excluding hydrogens is 434 g/mol. The molecule has 3 rings (SSSR count). The van der Waals surface area contributed by atoms with Crippen molar-refractivity contribution >= 4 is 45.0 Å². The predicted octanol–water partition coefficient (Wildman–Crippen LogP) is 3.92. The predicted molar refractivity (Wildman–Crippen MR) is 117 cm³/mol. The summed E-state index contributed by atoms with van der Waals surface area (Å²) in [6.45, 7) is 2.63. The Balaban J connectivity index is 1.53. The van der Waals surface area contributed by atoms with Gasteiger partial charge in [-0.05, 0) is 61.4 Å². The van der Waals surface area contributed by atoms with E-state index in [1.54, 1.807) is 53.2 Å². The fourth-order valence-corrected chi connectivity index (χ4v) is 3.58. The Morgan fingerprint density at radius 1 is 1.00 bits per heavy atom. The molecule has 3 amide bonds. The first-order valence-corrected chi connectivity index (χ1v) is 10.3. The van der Waals surface area contributed by atoms with Crippen LogP contribution in [0, 0.1) is 5.92 Å². The molecule has 1 saturated heterocycles. The minimum atomic E-state index is -0.122. The Hall–Kier alpha value is -2.67. The number of carbonyl (C=O) groups excluding carboxylic acids is 3. The Labute approximate surface area is 179 Å². The summed E-state index contributed by atoms with van der Waals surface area (Å²) in [5, 5.41) is 2.94. The van der Waals surface area contributed by atoms with E-state index >= 15 is 0 Å². The van der Waals surface area contributed by atoms with Crippen LogP contribution < -0.4 is 10.2 Å². The molecule has 0 saturated carbocycles. The van der Waals surface area contributed by atoms with Crippen LogP contribution in [0.25, 0.3) is 0 Å². The zero-order valence-corrected chi connectivity index (χ0v) is 18.1. The zero-order chi connectivity index (χ0) is 21.0. The van der Waals surface area contributed by atoms with Crippen molar-refractivity contribution in [1.82, 2.24) is 4.90 Å². The van der Waals surface area contributed by atoms with E-state index in [-0.39, 0.29) is 23.6 Å². The van der Waals surface area contributed by atoms with Crippen LogP contribution in [0.2, 0.25) is 0 Å². The van der Waals surface area contributed by atoms with Crippen LogP contribution in [-0.2, 0) is 9.59 Å². The molecule has 6 nitrogen and oxygen atoms in total. The average Bonchev–Trinajstić information content (AvgIpc) is 2.74. The summed E-state index contributed by atoms with van der Waals surface area (Å²) in [4.78, 5) is 40.0. The molecule has 1 heterocycles. The van der Waals surface area contributed by atoms with E-state index in [4.69, 9.17) is 0 Å². The van der Waals surface area contributed by atoms with Crippen LogP contribution in [0.15, 0.2) is 53.0 Å². The molecule has 2 aromatic carbocycles. The quantitative estimate of drug-likeness (QED) is 0.755. The van der Waals surface area contributed by atoms with E-state index in [0.29, 0.717) is 37.2 Å². The van der Waals surface area contributed by atoms with Crippen LogP contribution in [0.4, 0.5) is 11.4 Å². The number of amides is 3. The second-order valence-electron chi connectivity index (χ2n) is 7.19. The highest BCUT2D eigenvalue weighted by Crippen LogP contribution is 2.23. The largest absolute Gasteiger partial charge is 0.339 e. The van der Waals surface area contributed by atoms with Gasteiger partial charge in [-0.1, -0.05) is 15.9 Å². The van der Waals surface area contributed by atoms with Crippen molar-refractivity contribution in [3.63, 3.8) is 0 Å². The van der Waals surface area contributed by atoms with Gasteiger partial charge in [0, 0.05) is 54.4 Å². The van der Waals surface area contributed by atoms with Crippen LogP contribution >= 0.6 is 15.9 Å². The molecule has 0 spiro atoms. The molecule has 1 N–H and O–H groups in total. The normalized spacial score (nSPS) is 14.4. The number of halogens is 1. The van der Waals surface area contributed by atoms with E-state index in [9.17, 15) is 14.4 Å². The summed E-state index contributed by atoms with van der Waals surface area (Å²) in [6, 6.07) is 14.5. The van der Waals surface area contributed by atoms with Crippen molar-refractivity contribution in [2.24, 2.45) is 5.92 Å². The van der Waals surface area contributed by atoms with Crippen LogP contribution in [0.5, 0.6) is 0 Å². The maximum Gasteiger partial charge on any atom is 0.253 e. The second-order valence-corrected chi connectivity index (χ2v) is 8.10. The Kier molecular flexibility index (Phi) is 6.69. The molecule has 0 aromatic heterocycles. The number of benzene rings is 2. The second kappa shape index (κ2) is 9.22. The minimum absolute atomic E-state index is 0.00142. The van der Waals surface area contributed by atoms with E-state index in [2.05, 4.69) is 21.2 Å². The van der Waals surface area contributed by atoms with E-state index < -0.39 is 0 Å². The van der Waals surface area contributed by atoms with Crippen molar-refractivity contribution in [2.75, 3.05) is 30.4 Å². The minimum Gasteiger partial charge on any atom is -0.339 e. The van der Waals surface area contributed by atoms with Crippen molar-refractivity contribution in [3.05, 3.63) is 58.6 Å². The topological polar surface area (TPSA) is 69.7 Å². The Bertz CT molecular complexity index is 889. The molecule has 1 aliphatic rings. The maximum atomic E-state index is 12.6. The van der Waals surface area contributed by atoms with Gasteiger partial charge in [-0.3, -0.25) is 14.4 Å². The first-order valence-electron chi connectivity index (χ1n) is 9.55. The molecule has 0 atom stereocenters. The maximum absolute atomic E-state index is 12.6. The monoisotopic (exact) mass is 457 g/mol. The number of carbonyl (C=O) groups is 3. The molecular formula is C22H24BrN3O3. The number of rotatable bonds is 4. The van der Waals surface area contributed by atoms with Crippen LogP contribution in [0.3, 0.4) is 0 Å². The molecule has 0 unspecified atom stereocenters. The first kappa shape index (κ1) is 21.0. The number of hydrogen-bond donors (Lipinski definition) is 1. The molecule has 0 radical (unpaired) electrons. The number of likely N-dealkylation sites (tertiary alicyclic amines) is 1. The van der Waals surface area contributed by atoms with Gasteiger partial charge < -0.3 is 15.1 Å². The number of anilines is 2. The van der Waals surface area contributed by atoms with E-state index in [1.165, 1.54) is 6.92 Å². The van der Waals surface area contributed by atoms with Crippen LogP contribution in [0.1, 0.15) is 30.1 Å². The smallest absolute Gasteiger partial charge is 0.253 e. The van der Waals surface area contributed by atoms with Gasteiger partial charge in [0.1, 0.15) is 0 Å². The van der Waals surface area contributed by atoms with Gasteiger partial charge >= 0.3 is 0 Å². The van der Waals surface area contributed by atoms with Crippen molar-refractivity contribution in [3.8, 4) is 0 Å². The van der Waals surface area contributed by atoms with Crippen molar-refractivity contribution < 1.29 is 14.4 Å². The highest BCUT2D eigenvalue weighted by molar-refractivity contribution is 9.10. The van der Waals surface area contributed by atoms with Gasteiger partial charge in [0.05, 0.1) is 0 Å². The van der Waals surface area contributed by atoms with Gasteiger partial charge in [0.25, 0.3) is 5.91 Å². The molecule has 1 aliphatic heterocycles. The van der Waals surface area contributed by atoms with Gasteiger partial charge in [-0.2, -0.15) is 0 Å². The third-order valence-corrected chi connectivity index (χ3v) is 5.77. The summed E-state index contributed by atoms with van der Waals surface area (Å²) in [6.07, 6.45) is 1.28. The Morgan fingerprint density at radius 2 is 1.59 bits per heavy atom. The third kappa shape index (κ3) is 5.23. The molecule has 152 valence electrons. The highest BCUT2D eigenvalue weighted by Gasteiger charge is 2.27. The summed E-state index contributed by atoms with van der Waals surface area (Å²) >= 11 is 3.37. The molecule has 0 bridgehead atoms. The van der Waals surface area contributed by atoms with Gasteiger partial charge in [-0.15, -0.1) is 0 Å². The lowest BCUT2D eigenvalue weighted by molar-refractivity contribution is -0.121. The lowest BCUT2D eigenvalue weighted by Crippen LogP contribution is -2.41. The molecule has 2 aromatic rings. The number of nitrogens with zero attached hydrogens (tertiary/aromatic N) is 2. The van der Waals surface area contributed by atoms with Crippen molar-refractivity contribution in [1.29, 1.82) is 0 Å². The molecule has 7 heteroatoms. The molecule has 1 fully saturated rings. The Morgan fingerprint density at radius 3 is 2.14 bits per heavy atom. The summed E-state index contributed by atoms with van der Waals surface area (Å²) in [5.74, 6) is -0.204. The van der Waals surface area contributed by atoms with E-state index in [0.717, 1.165) is 10.2 Å². The number of nitrogens with one attached hydrogen (secondary N) is 1. The highest BCUT2D eigenvalue weighted by atomic mass is 79.9. The van der Waals surface area contributed by atoms with Crippen LogP contribution in [-0.4, -0.2) is 42.8 Å². The summed E-state index contributed by atoms with van der Waals surface area (Å²) < 4.78 is 0.936. The average molecular weight is 458 g/mol. The van der Waals surface area contributed by atoms with Gasteiger partial charge in [0.15, 0.2) is 0 Å². The lowest BCUT2D eigenvalue weighted by Gasteiger charge is -2.31. The first-order chi connectivity index (χ1) is 13.8. The zero-order valence-electron chi connectivity index (χ0n) is 16.5. The summed E-state index contributed by atoms with van der Waals surface area (Å²) in [7, 11) is 1.71. The fourth-order valence-electron chi connectivity index (χ4n) is 3.31. The SMILES string of the molecule is CC(=O)N(C)c1ccc(NC(=O)C2CCN(C(=O)c3ccc(Br)cc3)CC2)cc1. The van der Waals surface area contributed by atoms with Crippen molar-refractivity contribution in [2.45, 2.75) is 19.8 Å². The number of piperidine rings is 1. The number of hydrogen-bond acceptors (Lipinski definition) is 3. The molecule has 29 heavy (non-hydrogen) atoms. The third-order valence-electron chi connectivity index (χ3n) is 5.24. The standard InChI is InChI=1S/C22H24BrN3O3/c1-15(27)25(2)20-9-7-19(8-10-20)24-21(28)16-11-13-26(14-12-16)22(29)17-3-5-18(23)6-4-17/h3-10,16H,11-14H2,1-2H3,(H,24,28). The summed E-state index contributed by atoms with van der Waals surface area (Å²) in [5.41, 5.74) is 2.13. The van der Waals surface area contributed by atoms with Gasteiger partial charge in [0.2, 0.25) is 11.8 Å². The van der Waals surface area contributed by atoms with Gasteiger partial charge in [-0.25, -0.2) is 0 Å². The lowest BCUT2D eigenvalue weighted by atomic mass is 9.95. The van der Waals surface area contributed by atoms with E-state index in [1.807, 2.05) is 12.1 Å².